The molecule has 2 amide bonds. The quantitative estimate of drug-likeness (QED) is 0.226. The Hall–Kier alpha value is -1.85. The molecule has 1 aromatic rings. The van der Waals surface area contributed by atoms with Crippen molar-refractivity contribution in [2.24, 2.45) is 0 Å². The molecule has 0 bridgehead atoms. The summed E-state index contributed by atoms with van der Waals surface area (Å²) in [6.45, 7) is 2.82. The Morgan fingerprint density at radius 2 is 2.00 bits per heavy atom. The molecule has 0 aromatic heterocycles. The smallest absolute Gasteiger partial charge is 0.548 e. The normalized spacial score (nSPS) is 18.9. The van der Waals surface area contributed by atoms with Crippen molar-refractivity contribution < 1.29 is 49.0 Å². The molecule has 2 fully saturated rings. The number of carbonyl (C=O) groups is 3. The van der Waals surface area contributed by atoms with E-state index in [-0.39, 0.29) is 61.0 Å². The predicted octanol–water partition coefficient (Wildman–Crippen LogP) is -2.24. The summed E-state index contributed by atoms with van der Waals surface area (Å²) in [4.78, 5) is 42.1. The fourth-order valence-corrected chi connectivity index (χ4v) is 4.93. The van der Waals surface area contributed by atoms with Gasteiger partial charge in [-0.2, -0.15) is 0 Å². The predicted molar refractivity (Wildman–Crippen MR) is 131 cm³/mol. The standard InChI is InChI=1S/C23H28N4O4S2.Na/c1-16(23(30)31)26(18-6-4-3-5-7-18)11-10-24-19(28)15-27-20(32)14-17(22(27)29)8-9-21-25(2)12-13-33-21;/h3-9,16H,10-15H2,1-2H3,(H,24,28)(H,30,31);/q;+1/p-1/b17-8+,21-9-;. The third-order valence-electron chi connectivity index (χ3n) is 5.52. The van der Waals surface area contributed by atoms with Crippen LogP contribution in [0.4, 0.5) is 5.69 Å². The number of rotatable bonds is 9. The maximum atomic E-state index is 12.7. The van der Waals surface area contributed by atoms with Gasteiger partial charge in [0.05, 0.1) is 22.0 Å². The number of aliphatic carboxylic acids is 1. The zero-order valence-electron chi connectivity index (χ0n) is 19.7. The van der Waals surface area contributed by atoms with Gasteiger partial charge in [-0.3, -0.25) is 14.5 Å². The Balaban J connectivity index is 0.00000408. The molecule has 1 N–H and O–H groups in total. The zero-order valence-corrected chi connectivity index (χ0v) is 23.3. The Morgan fingerprint density at radius 3 is 2.62 bits per heavy atom. The van der Waals surface area contributed by atoms with Crippen LogP contribution in [0, 0.1) is 0 Å². The number of likely N-dealkylation sites (tertiary alicyclic amines) is 1. The Kier molecular flexibility index (Phi) is 11.1. The summed E-state index contributed by atoms with van der Waals surface area (Å²) in [5.74, 6) is -0.789. The number of nitrogens with one attached hydrogen (secondary N) is 1. The van der Waals surface area contributed by atoms with E-state index in [0.717, 1.165) is 17.3 Å². The van der Waals surface area contributed by atoms with Gasteiger partial charge in [-0.25, -0.2) is 0 Å². The number of allylic oxidation sites excluding steroid dienone is 2. The van der Waals surface area contributed by atoms with Crippen molar-refractivity contribution in [1.82, 2.24) is 15.1 Å². The Labute approximate surface area is 231 Å². The minimum absolute atomic E-state index is 0. The number of hydrogen-bond acceptors (Lipinski definition) is 8. The van der Waals surface area contributed by atoms with E-state index >= 15 is 0 Å². The van der Waals surface area contributed by atoms with Crippen LogP contribution in [0.1, 0.15) is 13.3 Å². The summed E-state index contributed by atoms with van der Waals surface area (Å²) in [5.41, 5.74) is 1.29. The summed E-state index contributed by atoms with van der Waals surface area (Å²) in [6.07, 6.45) is 4.05. The van der Waals surface area contributed by atoms with Crippen LogP contribution >= 0.6 is 24.0 Å². The van der Waals surface area contributed by atoms with E-state index in [1.165, 1.54) is 11.8 Å². The summed E-state index contributed by atoms with van der Waals surface area (Å²) in [6, 6.07) is 8.20. The molecule has 1 aromatic carbocycles. The number of thioether (sulfide) groups is 1. The number of carboxylic acid groups (broad SMARTS) is 1. The Bertz CT molecular complexity index is 986. The van der Waals surface area contributed by atoms with Gasteiger partial charge in [0.15, 0.2) is 0 Å². The number of thiocarbonyl (C=S) groups is 1. The second-order valence-electron chi connectivity index (χ2n) is 7.80. The van der Waals surface area contributed by atoms with Crippen molar-refractivity contribution in [3.63, 3.8) is 0 Å². The van der Waals surface area contributed by atoms with Crippen molar-refractivity contribution in [2.75, 3.05) is 43.9 Å². The van der Waals surface area contributed by atoms with Crippen LogP contribution in [0.15, 0.2) is 53.1 Å². The third kappa shape index (κ3) is 7.32. The number of para-hydroxylation sites is 1. The molecule has 0 saturated carbocycles. The molecular formula is C23H27N4NaO4S2. The maximum absolute atomic E-state index is 12.7. The van der Waals surface area contributed by atoms with E-state index in [2.05, 4.69) is 10.2 Å². The molecule has 8 nitrogen and oxygen atoms in total. The molecule has 1 atom stereocenters. The second-order valence-corrected chi connectivity index (χ2v) is 9.39. The second kappa shape index (κ2) is 13.3. The maximum Gasteiger partial charge on any atom is 1.00 e. The largest absolute Gasteiger partial charge is 1.00 e. The van der Waals surface area contributed by atoms with E-state index in [4.69, 9.17) is 12.2 Å². The first kappa shape index (κ1) is 28.4. The van der Waals surface area contributed by atoms with E-state index < -0.39 is 12.0 Å². The molecule has 0 aliphatic carbocycles. The van der Waals surface area contributed by atoms with Gasteiger partial charge in [0.25, 0.3) is 5.91 Å². The van der Waals surface area contributed by atoms with Gasteiger partial charge >= 0.3 is 29.6 Å². The van der Waals surface area contributed by atoms with Gasteiger partial charge in [-0.05, 0) is 25.1 Å². The molecule has 0 spiro atoms. The number of benzene rings is 1. The van der Waals surface area contributed by atoms with Gasteiger partial charge in [-0.1, -0.05) is 36.5 Å². The van der Waals surface area contributed by atoms with E-state index in [1.54, 1.807) is 34.9 Å². The fourth-order valence-electron chi connectivity index (χ4n) is 3.57. The minimum atomic E-state index is -1.20. The molecule has 11 heteroatoms. The summed E-state index contributed by atoms with van der Waals surface area (Å²) in [5, 5.41) is 15.2. The average molecular weight is 511 g/mol. The van der Waals surface area contributed by atoms with Crippen molar-refractivity contribution in [1.29, 1.82) is 0 Å². The summed E-state index contributed by atoms with van der Waals surface area (Å²) in [7, 11) is 2.01. The van der Waals surface area contributed by atoms with Gasteiger partial charge < -0.3 is 25.0 Å². The number of amides is 2. The molecule has 2 aliphatic rings. The van der Waals surface area contributed by atoms with Crippen molar-refractivity contribution >= 4 is 52.4 Å². The van der Waals surface area contributed by atoms with E-state index in [9.17, 15) is 19.5 Å². The molecule has 176 valence electrons. The SMILES string of the molecule is CC(C(=O)[O-])N(CCNC(=O)CN1C(=O)/C(=C/C=C2\SCCN2C)CC1=S)c1ccccc1.[Na+]. The first-order chi connectivity index (χ1) is 15.8. The fraction of sp³-hybridized carbons (Fsp3) is 0.391. The zero-order chi connectivity index (χ0) is 24.0. The van der Waals surface area contributed by atoms with Crippen molar-refractivity contribution in [3.8, 4) is 0 Å². The third-order valence-corrected chi connectivity index (χ3v) is 7.01. The van der Waals surface area contributed by atoms with Gasteiger partial charge in [0, 0.05) is 50.1 Å². The van der Waals surface area contributed by atoms with Crippen LogP contribution < -0.4 is 44.9 Å². The van der Waals surface area contributed by atoms with Gasteiger partial charge in [-0.15, -0.1) is 11.8 Å². The first-order valence-electron chi connectivity index (χ1n) is 10.7. The number of anilines is 1. The first-order valence-corrected chi connectivity index (χ1v) is 12.1. The summed E-state index contributed by atoms with van der Waals surface area (Å²) >= 11 is 7.07. The number of hydrogen-bond donors (Lipinski definition) is 1. The number of carbonyl (C=O) groups excluding carboxylic acids is 3. The average Bonchev–Trinajstić information content (AvgIpc) is 3.32. The summed E-state index contributed by atoms with van der Waals surface area (Å²) < 4.78 is 0. The van der Waals surface area contributed by atoms with Crippen molar-refractivity contribution in [3.05, 3.63) is 53.1 Å². The molecule has 3 rings (SSSR count). The Morgan fingerprint density at radius 1 is 1.29 bits per heavy atom. The molecule has 2 aliphatic heterocycles. The topological polar surface area (TPSA) is 96.0 Å². The molecular weight excluding hydrogens is 483 g/mol. The van der Waals surface area contributed by atoms with Crippen LogP contribution in [0.5, 0.6) is 0 Å². The van der Waals surface area contributed by atoms with Crippen LogP contribution in [-0.4, -0.2) is 77.6 Å². The van der Waals surface area contributed by atoms with Crippen molar-refractivity contribution in [2.45, 2.75) is 19.4 Å². The molecule has 0 radical (unpaired) electrons. The monoisotopic (exact) mass is 510 g/mol. The molecule has 1 unspecified atom stereocenters. The van der Waals surface area contributed by atoms with Crippen LogP contribution in [-0.2, 0) is 14.4 Å². The van der Waals surface area contributed by atoms with Crippen LogP contribution in [0.2, 0.25) is 0 Å². The molecule has 34 heavy (non-hydrogen) atoms. The van der Waals surface area contributed by atoms with Crippen LogP contribution in [0.3, 0.4) is 0 Å². The van der Waals surface area contributed by atoms with E-state index in [1.807, 2.05) is 31.3 Å². The molecule has 2 saturated heterocycles. The molecule has 2 heterocycles. The van der Waals surface area contributed by atoms with Gasteiger partial charge in [0.1, 0.15) is 6.54 Å². The number of nitrogens with zero attached hydrogens (tertiary/aromatic N) is 3. The van der Waals surface area contributed by atoms with Gasteiger partial charge in [0.2, 0.25) is 5.91 Å². The van der Waals surface area contributed by atoms with Crippen LogP contribution in [0.25, 0.3) is 0 Å². The minimum Gasteiger partial charge on any atom is -0.548 e. The van der Waals surface area contributed by atoms with E-state index in [0.29, 0.717) is 22.7 Å². The number of carboxylic acids is 1.